The molecule has 5 nitrogen and oxygen atoms in total. The maximum absolute atomic E-state index is 11.0. The number of aromatic nitrogens is 1. The number of amides is 1. The lowest BCUT2D eigenvalue weighted by molar-refractivity contribution is -0.122. The molecule has 1 aliphatic heterocycles. The first-order valence-corrected chi connectivity index (χ1v) is 5.66. The van der Waals surface area contributed by atoms with E-state index in [1.54, 1.807) is 6.07 Å². The van der Waals surface area contributed by atoms with Gasteiger partial charge in [0.2, 0.25) is 5.91 Å². The van der Waals surface area contributed by atoms with Crippen molar-refractivity contribution in [2.24, 2.45) is 0 Å². The molecular formula is C11H11ClN4O. The molecule has 1 fully saturated rings. The summed E-state index contributed by atoms with van der Waals surface area (Å²) in [7, 11) is 0. The molecule has 1 aromatic rings. The molecule has 2 rings (SSSR count). The maximum atomic E-state index is 11.0. The maximum Gasteiger partial charge on any atom is 0.220 e. The van der Waals surface area contributed by atoms with Gasteiger partial charge in [0, 0.05) is 25.2 Å². The van der Waals surface area contributed by atoms with Crippen molar-refractivity contribution in [2.75, 3.05) is 11.9 Å². The van der Waals surface area contributed by atoms with Crippen LogP contribution in [0.1, 0.15) is 18.4 Å². The number of pyridine rings is 1. The van der Waals surface area contributed by atoms with Crippen LogP contribution in [0.4, 0.5) is 5.82 Å². The summed E-state index contributed by atoms with van der Waals surface area (Å²) < 4.78 is 0. The van der Waals surface area contributed by atoms with Crippen molar-refractivity contribution in [3.05, 3.63) is 22.8 Å². The molecule has 0 bridgehead atoms. The zero-order valence-electron chi connectivity index (χ0n) is 9.03. The van der Waals surface area contributed by atoms with Gasteiger partial charge < -0.3 is 10.6 Å². The van der Waals surface area contributed by atoms with E-state index in [-0.39, 0.29) is 11.9 Å². The summed E-state index contributed by atoms with van der Waals surface area (Å²) in [6.07, 6.45) is 2.77. The highest BCUT2D eigenvalue weighted by Crippen LogP contribution is 2.24. The standard InChI is InChI=1S/C11H11ClN4O/c12-10-7(5-13)3-4-14-11(10)16-8-1-2-9(17)15-6-8/h3-4,8H,1-2,6H2,(H,14,16)(H,15,17). The van der Waals surface area contributed by atoms with Crippen LogP contribution in [0.15, 0.2) is 12.3 Å². The molecular weight excluding hydrogens is 240 g/mol. The molecule has 0 saturated carbocycles. The molecule has 1 atom stereocenters. The van der Waals surface area contributed by atoms with Gasteiger partial charge in [-0.1, -0.05) is 11.6 Å². The minimum absolute atomic E-state index is 0.0629. The third-order valence-corrected chi connectivity index (χ3v) is 3.00. The molecule has 1 aromatic heterocycles. The number of rotatable bonds is 2. The zero-order chi connectivity index (χ0) is 12.3. The Labute approximate surface area is 104 Å². The number of halogens is 1. The molecule has 0 radical (unpaired) electrons. The van der Waals surface area contributed by atoms with Crippen LogP contribution in [-0.2, 0) is 4.79 Å². The Bertz CT molecular complexity index is 473. The number of hydrogen-bond donors (Lipinski definition) is 2. The number of carbonyl (C=O) groups is 1. The second kappa shape index (κ2) is 5.02. The van der Waals surface area contributed by atoms with Gasteiger partial charge in [-0.05, 0) is 12.5 Å². The normalized spacial score (nSPS) is 19.3. The van der Waals surface area contributed by atoms with Gasteiger partial charge in [-0.2, -0.15) is 5.26 Å². The molecule has 6 heteroatoms. The Hall–Kier alpha value is -1.80. The quantitative estimate of drug-likeness (QED) is 0.829. The van der Waals surface area contributed by atoms with E-state index < -0.39 is 0 Å². The summed E-state index contributed by atoms with van der Waals surface area (Å²) >= 11 is 6.02. The highest BCUT2D eigenvalue weighted by atomic mass is 35.5. The van der Waals surface area contributed by atoms with E-state index in [1.165, 1.54) is 6.20 Å². The molecule has 0 aliphatic carbocycles. The molecule has 1 saturated heterocycles. The first kappa shape index (κ1) is 11.7. The van der Waals surface area contributed by atoms with Gasteiger partial charge in [-0.3, -0.25) is 4.79 Å². The summed E-state index contributed by atoms with van der Waals surface area (Å²) in [6.45, 7) is 0.549. The van der Waals surface area contributed by atoms with Crippen LogP contribution in [0.25, 0.3) is 0 Å². The van der Waals surface area contributed by atoms with E-state index in [9.17, 15) is 4.79 Å². The van der Waals surface area contributed by atoms with Gasteiger partial charge >= 0.3 is 0 Å². The summed E-state index contributed by atoms with van der Waals surface area (Å²) in [4.78, 5) is 15.1. The van der Waals surface area contributed by atoms with Gasteiger partial charge in [0.25, 0.3) is 0 Å². The first-order chi connectivity index (χ1) is 8.20. The minimum Gasteiger partial charge on any atom is -0.364 e. The molecule has 88 valence electrons. The number of nitrogens with zero attached hydrogens (tertiary/aromatic N) is 2. The highest BCUT2D eigenvalue weighted by Gasteiger charge is 2.19. The van der Waals surface area contributed by atoms with Gasteiger partial charge in [0.05, 0.1) is 5.56 Å². The fraction of sp³-hybridized carbons (Fsp3) is 0.364. The lowest BCUT2D eigenvalue weighted by atomic mass is 10.1. The Kier molecular flexibility index (Phi) is 3.45. The van der Waals surface area contributed by atoms with Gasteiger partial charge in [0.15, 0.2) is 0 Å². The van der Waals surface area contributed by atoms with E-state index in [0.717, 1.165) is 6.42 Å². The van der Waals surface area contributed by atoms with Crippen molar-refractivity contribution in [3.8, 4) is 6.07 Å². The molecule has 0 aromatic carbocycles. The van der Waals surface area contributed by atoms with Crippen LogP contribution in [0.2, 0.25) is 5.02 Å². The molecule has 2 heterocycles. The average Bonchev–Trinajstić information content (AvgIpc) is 2.35. The van der Waals surface area contributed by atoms with E-state index >= 15 is 0 Å². The number of anilines is 1. The molecule has 1 aliphatic rings. The van der Waals surface area contributed by atoms with E-state index in [4.69, 9.17) is 16.9 Å². The number of piperidine rings is 1. The predicted molar refractivity (Wildman–Crippen MR) is 63.6 cm³/mol. The van der Waals surface area contributed by atoms with Crippen molar-refractivity contribution in [2.45, 2.75) is 18.9 Å². The minimum atomic E-state index is 0.0629. The monoisotopic (exact) mass is 250 g/mol. The van der Waals surface area contributed by atoms with Crippen molar-refractivity contribution in [1.29, 1.82) is 5.26 Å². The lowest BCUT2D eigenvalue weighted by Gasteiger charge is -2.24. The van der Waals surface area contributed by atoms with Crippen LogP contribution in [0.3, 0.4) is 0 Å². The Morgan fingerprint density at radius 1 is 1.65 bits per heavy atom. The number of nitriles is 1. The van der Waals surface area contributed by atoms with Crippen LogP contribution < -0.4 is 10.6 Å². The summed E-state index contributed by atoms with van der Waals surface area (Å²) in [6, 6.07) is 3.67. The van der Waals surface area contributed by atoms with E-state index in [0.29, 0.717) is 29.4 Å². The number of carbonyl (C=O) groups excluding carboxylic acids is 1. The second-order valence-corrected chi connectivity index (χ2v) is 4.19. The third-order valence-electron chi connectivity index (χ3n) is 2.62. The predicted octanol–water partition coefficient (Wildman–Crippen LogP) is 1.30. The Morgan fingerprint density at radius 2 is 2.47 bits per heavy atom. The van der Waals surface area contributed by atoms with Crippen LogP contribution in [0.5, 0.6) is 0 Å². The molecule has 0 spiro atoms. The second-order valence-electron chi connectivity index (χ2n) is 3.82. The van der Waals surface area contributed by atoms with Crippen molar-refractivity contribution in [3.63, 3.8) is 0 Å². The lowest BCUT2D eigenvalue weighted by Crippen LogP contribution is -2.42. The Morgan fingerprint density at radius 3 is 3.12 bits per heavy atom. The van der Waals surface area contributed by atoms with Gasteiger partial charge in [-0.15, -0.1) is 0 Å². The first-order valence-electron chi connectivity index (χ1n) is 5.28. The Balaban J connectivity index is 2.09. The average molecular weight is 251 g/mol. The van der Waals surface area contributed by atoms with Crippen LogP contribution in [-0.4, -0.2) is 23.5 Å². The fourth-order valence-electron chi connectivity index (χ4n) is 1.68. The largest absolute Gasteiger partial charge is 0.364 e. The smallest absolute Gasteiger partial charge is 0.220 e. The molecule has 17 heavy (non-hydrogen) atoms. The fourth-order valence-corrected chi connectivity index (χ4v) is 1.89. The van der Waals surface area contributed by atoms with Crippen LogP contribution in [0, 0.1) is 11.3 Å². The van der Waals surface area contributed by atoms with Crippen LogP contribution >= 0.6 is 11.6 Å². The number of nitrogens with one attached hydrogen (secondary N) is 2. The number of hydrogen-bond acceptors (Lipinski definition) is 4. The van der Waals surface area contributed by atoms with E-state index in [2.05, 4.69) is 15.6 Å². The van der Waals surface area contributed by atoms with Gasteiger partial charge in [-0.25, -0.2) is 4.98 Å². The summed E-state index contributed by atoms with van der Waals surface area (Å²) in [5.74, 6) is 0.555. The summed E-state index contributed by atoms with van der Waals surface area (Å²) in [5, 5.41) is 15.1. The van der Waals surface area contributed by atoms with Crippen molar-refractivity contribution < 1.29 is 4.79 Å². The zero-order valence-corrected chi connectivity index (χ0v) is 9.79. The summed E-state index contributed by atoms with van der Waals surface area (Å²) in [5.41, 5.74) is 0.393. The molecule has 2 N–H and O–H groups in total. The van der Waals surface area contributed by atoms with Crippen molar-refractivity contribution >= 4 is 23.3 Å². The SMILES string of the molecule is N#Cc1ccnc(NC2CCC(=O)NC2)c1Cl. The molecule has 1 amide bonds. The third kappa shape index (κ3) is 2.66. The topological polar surface area (TPSA) is 77.8 Å². The van der Waals surface area contributed by atoms with Gasteiger partial charge in [0.1, 0.15) is 16.9 Å². The molecule has 1 unspecified atom stereocenters. The van der Waals surface area contributed by atoms with Crippen molar-refractivity contribution in [1.82, 2.24) is 10.3 Å². The highest BCUT2D eigenvalue weighted by molar-refractivity contribution is 6.34. The van der Waals surface area contributed by atoms with E-state index in [1.807, 2.05) is 6.07 Å².